The zero-order valence-electron chi connectivity index (χ0n) is 18.7. The summed E-state index contributed by atoms with van der Waals surface area (Å²) in [4.78, 5) is 12.7. The van der Waals surface area contributed by atoms with E-state index in [1.165, 1.54) is 32.1 Å². The maximum atomic E-state index is 13.4. The van der Waals surface area contributed by atoms with Crippen LogP contribution in [0.15, 0.2) is 53.4 Å². The lowest BCUT2D eigenvalue weighted by atomic mass is 10.2. The summed E-state index contributed by atoms with van der Waals surface area (Å²) >= 11 is 0. The van der Waals surface area contributed by atoms with Crippen LogP contribution < -0.4 is 14.4 Å². The second kappa shape index (κ2) is 11.3. The lowest BCUT2D eigenvalue weighted by Gasteiger charge is -2.24. The van der Waals surface area contributed by atoms with Crippen LogP contribution in [0.1, 0.15) is 37.7 Å². The van der Waals surface area contributed by atoms with Gasteiger partial charge in [0.25, 0.3) is 10.0 Å². The number of amides is 1. The number of hydrogen-bond donors (Lipinski definition) is 1. The number of anilines is 1. The largest absolute Gasteiger partial charge is 0.497 e. The average Bonchev–Trinajstić information content (AvgIpc) is 3.31. The SMILES string of the molecule is COc1ccc(S(=O)(=O)N(CC(=O)NCCCOC2CCCC2)c2ccc(C)cc2)cc1. The molecule has 0 bridgehead atoms. The lowest BCUT2D eigenvalue weighted by Crippen LogP contribution is -2.41. The van der Waals surface area contributed by atoms with Crippen molar-refractivity contribution in [2.75, 3.05) is 31.1 Å². The number of methoxy groups -OCH3 is 1. The van der Waals surface area contributed by atoms with E-state index >= 15 is 0 Å². The first-order valence-corrected chi connectivity index (χ1v) is 12.5. The van der Waals surface area contributed by atoms with Crippen LogP contribution in [0.5, 0.6) is 5.75 Å². The maximum Gasteiger partial charge on any atom is 0.264 e. The number of benzene rings is 2. The molecule has 0 radical (unpaired) electrons. The van der Waals surface area contributed by atoms with Crippen molar-refractivity contribution in [2.45, 2.75) is 50.0 Å². The van der Waals surface area contributed by atoms with Gasteiger partial charge in [-0.3, -0.25) is 9.10 Å². The molecule has 0 aliphatic heterocycles. The van der Waals surface area contributed by atoms with E-state index in [2.05, 4.69) is 5.32 Å². The molecule has 3 rings (SSSR count). The Morgan fingerprint density at radius 2 is 1.72 bits per heavy atom. The summed E-state index contributed by atoms with van der Waals surface area (Å²) < 4.78 is 38.8. The number of ether oxygens (including phenoxy) is 2. The quantitative estimate of drug-likeness (QED) is 0.517. The Bertz CT molecular complexity index is 968. The topological polar surface area (TPSA) is 84.9 Å². The van der Waals surface area contributed by atoms with Crippen LogP contribution in [0.25, 0.3) is 0 Å². The summed E-state index contributed by atoms with van der Waals surface area (Å²) in [6, 6.07) is 13.2. The molecule has 0 spiro atoms. The first-order valence-electron chi connectivity index (χ1n) is 11.0. The Kier molecular flexibility index (Phi) is 8.53. The Hall–Kier alpha value is -2.58. The molecule has 0 saturated heterocycles. The molecule has 2 aromatic carbocycles. The van der Waals surface area contributed by atoms with E-state index in [1.807, 2.05) is 19.1 Å². The smallest absolute Gasteiger partial charge is 0.264 e. The van der Waals surface area contributed by atoms with Gasteiger partial charge < -0.3 is 14.8 Å². The molecule has 0 unspecified atom stereocenters. The van der Waals surface area contributed by atoms with Crippen LogP contribution >= 0.6 is 0 Å². The highest BCUT2D eigenvalue weighted by atomic mass is 32.2. The fraction of sp³-hybridized carbons (Fsp3) is 0.458. The summed E-state index contributed by atoms with van der Waals surface area (Å²) in [5.74, 6) is 0.201. The number of nitrogens with zero attached hydrogens (tertiary/aromatic N) is 1. The molecule has 8 heteroatoms. The number of nitrogens with one attached hydrogen (secondary N) is 1. The second-order valence-electron chi connectivity index (χ2n) is 8.00. The van der Waals surface area contributed by atoms with Gasteiger partial charge in [-0.15, -0.1) is 0 Å². The van der Waals surface area contributed by atoms with E-state index in [0.29, 0.717) is 37.1 Å². The Morgan fingerprint density at radius 3 is 2.34 bits per heavy atom. The van der Waals surface area contributed by atoms with Gasteiger partial charge in [-0.1, -0.05) is 30.5 Å². The van der Waals surface area contributed by atoms with Crippen molar-refractivity contribution in [1.29, 1.82) is 0 Å². The van der Waals surface area contributed by atoms with Gasteiger partial charge >= 0.3 is 0 Å². The lowest BCUT2D eigenvalue weighted by molar-refractivity contribution is -0.119. The molecule has 1 aliphatic carbocycles. The van der Waals surface area contributed by atoms with Gasteiger partial charge in [0.15, 0.2) is 0 Å². The highest BCUT2D eigenvalue weighted by Gasteiger charge is 2.27. The maximum absolute atomic E-state index is 13.4. The van der Waals surface area contributed by atoms with Crippen LogP contribution in [-0.2, 0) is 19.6 Å². The molecule has 1 saturated carbocycles. The molecule has 1 aliphatic rings. The molecule has 174 valence electrons. The first kappa shape index (κ1) is 24.1. The van der Waals surface area contributed by atoms with Crippen molar-refractivity contribution in [1.82, 2.24) is 5.32 Å². The predicted octanol–water partition coefficient (Wildman–Crippen LogP) is 3.66. The Balaban J connectivity index is 1.65. The van der Waals surface area contributed by atoms with Crippen LogP contribution in [-0.4, -0.2) is 47.2 Å². The third-order valence-electron chi connectivity index (χ3n) is 5.56. The van der Waals surface area contributed by atoms with E-state index in [-0.39, 0.29) is 17.3 Å². The standard InChI is InChI=1S/C24H32N2O5S/c1-19-8-10-20(11-9-19)26(32(28,29)23-14-12-21(30-2)13-15-23)18-24(27)25-16-5-17-31-22-6-3-4-7-22/h8-15,22H,3-7,16-18H2,1-2H3,(H,25,27). The van der Waals surface area contributed by atoms with Crippen LogP contribution in [0.3, 0.4) is 0 Å². The van der Waals surface area contributed by atoms with Gasteiger partial charge in [0.05, 0.1) is 23.8 Å². The highest BCUT2D eigenvalue weighted by Crippen LogP contribution is 2.25. The third-order valence-corrected chi connectivity index (χ3v) is 7.34. The van der Waals surface area contributed by atoms with Crippen molar-refractivity contribution in [3.05, 3.63) is 54.1 Å². The van der Waals surface area contributed by atoms with Gasteiger partial charge in [0.1, 0.15) is 12.3 Å². The Morgan fingerprint density at radius 1 is 1.06 bits per heavy atom. The number of hydrogen-bond acceptors (Lipinski definition) is 5. The second-order valence-corrected chi connectivity index (χ2v) is 9.87. The Labute approximate surface area is 190 Å². The third kappa shape index (κ3) is 6.46. The molecular weight excluding hydrogens is 428 g/mol. The van der Waals surface area contributed by atoms with Crippen molar-refractivity contribution in [2.24, 2.45) is 0 Å². The van der Waals surface area contributed by atoms with E-state index in [1.54, 1.807) is 24.3 Å². The highest BCUT2D eigenvalue weighted by molar-refractivity contribution is 7.92. The zero-order valence-corrected chi connectivity index (χ0v) is 19.6. The van der Waals surface area contributed by atoms with Crippen LogP contribution in [0, 0.1) is 6.92 Å². The van der Waals surface area contributed by atoms with Gasteiger partial charge in [-0.25, -0.2) is 8.42 Å². The summed E-state index contributed by atoms with van der Waals surface area (Å²) in [6.45, 7) is 2.65. The fourth-order valence-electron chi connectivity index (χ4n) is 3.69. The molecule has 1 N–H and O–H groups in total. The van der Waals surface area contributed by atoms with E-state index in [4.69, 9.17) is 9.47 Å². The number of carbonyl (C=O) groups excluding carboxylic acids is 1. The van der Waals surface area contributed by atoms with Crippen LogP contribution in [0.4, 0.5) is 5.69 Å². The minimum atomic E-state index is -3.94. The molecular formula is C24H32N2O5S. The minimum Gasteiger partial charge on any atom is -0.497 e. The zero-order chi connectivity index (χ0) is 23.0. The molecule has 2 aromatic rings. The number of carbonyl (C=O) groups is 1. The minimum absolute atomic E-state index is 0.0941. The molecule has 0 heterocycles. The summed E-state index contributed by atoms with van der Waals surface area (Å²) in [6.07, 6.45) is 5.70. The van der Waals surface area contributed by atoms with E-state index in [9.17, 15) is 13.2 Å². The molecule has 1 amide bonds. The van der Waals surface area contributed by atoms with Crippen molar-refractivity contribution in [3.8, 4) is 5.75 Å². The molecule has 7 nitrogen and oxygen atoms in total. The molecule has 0 atom stereocenters. The molecule has 1 fully saturated rings. The number of sulfonamides is 1. The normalized spacial score (nSPS) is 14.3. The van der Waals surface area contributed by atoms with Crippen molar-refractivity contribution < 1.29 is 22.7 Å². The summed E-state index contributed by atoms with van der Waals surface area (Å²) in [5, 5.41) is 2.82. The van der Waals surface area contributed by atoms with Crippen molar-refractivity contribution in [3.63, 3.8) is 0 Å². The van der Waals surface area contributed by atoms with E-state index < -0.39 is 10.0 Å². The monoisotopic (exact) mass is 460 g/mol. The number of rotatable bonds is 11. The summed E-state index contributed by atoms with van der Waals surface area (Å²) in [7, 11) is -2.42. The fourth-order valence-corrected chi connectivity index (χ4v) is 5.11. The van der Waals surface area contributed by atoms with Gasteiger partial charge in [-0.2, -0.15) is 0 Å². The van der Waals surface area contributed by atoms with Crippen LogP contribution in [0.2, 0.25) is 0 Å². The van der Waals surface area contributed by atoms with Gasteiger partial charge in [-0.05, 0) is 62.6 Å². The van der Waals surface area contributed by atoms with E-state index in [0.717, 1.165) is 22.7 Å². The van der Waals surface area contributed by atoms with Gasteiger partial charge in [0.2, 0.25) is 5.91 Å². The number of aryl methyl sites for hydroxylation is 1. The predicted molar refractivity (Wildman–Crippen MR) is 125 cm³/mol. The van der Waals surface area contributed by atoms with Gasteiger partial charge in [0, 0.05) is 13.2 Å². The molecule has 32 heavy (non-hydrogen) atoms. The first-order chi connectivity index (χ1) is 15.4. The van der Waals surface area contributed by atoms with Crippen molar-refractivity contribution >= 4 is 21.6 Å². The average molecular weight is 461 g/mol. The molecule has 0 aromatic heterocycles. The summed E-state index contributed by atoms with van der Waals surface area (Å²) in [5.41, 5.74) is 1.44.